The largest absolute Gasteiger partial charge is 0.460 e. The molecule has 2 aromatic rings. The number of aromatic nitrogens is 2. The number of fused-ring (bicyclic) bond motifs is 2. The van der Waals surface area contributed by atoms with Gasteiger partial charge in [-0.05, 0) is 69.1 Å². The van der Waals surface area contributed by atoms with Crippen LogP contribution in [0.15, 0.2) is 29.8 Å². The fourth-order valence-electron chi connectivity index (χ4n) is 5.48. The Bertz CT molecular complexity index is 1260. The quantitative estimate of drug-likeness (QED) is 0.273. The number of benzene rings is 1. The molecule has 1 atom stereocenters. The van der Waals surface area contributed by atoms with Crippen LogP contribution in [0.4, 0.5) is 30.4 Å². The van der Waals surface area contributed by atoms with Gasteiger partial charge in [-0.15, -0.1) is 0 Å². The third-order valence-electron chi connectivity index (χ3n) is 7.88. The number of nitrogens with one attached hydrogen (secondary N) is 2. The van der Waals surface area contributed by atoms with E-state index in [4.69, 9.17) is 20.1 Å². The molecule has 2 N–H and O–H groups in total. The highest BCUT2D eigenvalue weighted by Gasteiger charge is 2.38. The Morgan fingerprint density at radius 1 is 1.15 bits per heavy atom. The zero-order valence-electron chi connectivity index (χ0n) is 24.9. The first-order chi connectivity index (χ1) is 19.6. The van der Waals surface area contributed by atoms with Crippen LogP contribution >= 0.6 is 0 Å². The Morgan fingerprint density at radius 3 is 2.56 bits per heavy atom. The van der Waals surface area contributed by atoms with Gasteiger partial charge in [-0.2, -0.15) is 23.1 Å². The highest BCUT2D eigenvalue weighted by Crippen LogP contribution is 2.36. The Hall–Kier alpha value is -3.30. The molecule has 1 fully saturated rings. The predicted molar refractivity (Wildman–Crippen MR) is 159 cm³/mol. The molecule has 41 heavy (non-hydrogen) atoms. The molecule has 1 unspecified atom stereocenters. The summed E-state index contributed by atoms with van der Waals surface area (Å²) in [6.07, 6.45) is 1.97. The van der Waals surface area contributed by atoms with Crippen molar-refractivity contribution in [3.63, 3.8) is 0 Å². The summed E-state index contributed by atoms with van der Waals surface area (Å²) in [4.78, 5) is 13.2. The zero-order chi connectivity index (χ0) is 29.7. The van der Waals surface area contributed by atoms with E-state index in [1.165, 1.54) is 16.2 Å². The van der Waals surface area contributed by atoms with Gasteiger partial charge in [-0.1, -0.05) is 32.9 Å². The molecule has 2 aliphatic heterocycles. The summed E-state index contributed by atoms with van der Waals surface area (Å²) in [5.41, 5.74) is 4.12. The second-order valence-corrected chi connectivity index (χ2v) is 10.8. The lowest BCUT2D eigenvalue weighted by atomic mass is 10.0. The predicted octanol–water partition coefficient (Wildman–Crippen LogP) is 7.08. The first-order valence-corrected chi connectivity index (χ1v) is 14.9. The Balaban J connectivity index is 0.00000189. The lowest BCUT2D eigenvalue weighted by molar-refractivity contribution is -0.0872. The number of hydrogen-bond acceptors (Lipinski definition) is 6. The Labute approximate surface area is 241 Å². The van der Waals surface area contributed by atoms with Gasteiger partial charge >= 0.3 is 12.2 Å². The maximum Gasteiger partial charge on any atom is 0.419 e. The third-order valence-corrected chi connectivity index (χ3v) is 7.88. The molecule has 1 aromatic heterocycles. The van der Waals surface area contributed by atoms with Gasteiger partial charge in [0.2, 0.25) is 0 Å². The van der Waals surface area contributed by atoms with E-state index in [1.54, 1.807) is 6.92 Å². The van der Waals surface area contributed by atoms with Crippen molar-refractivity contribution in [1.82, 2.24) is 14.9 Å². The second kappa shape index (κ2) is 13.1. The molecule has 224 valence electrons. The van der Waals surface area contributed by atoms with Gasteiger partial charge in [0.15, 0.2) is 0 Å². The number of hydrogen-bond donors (Lipinski definition) is 2. The van der Waals surface area contributed by atoms with Gasteiger partial charge < -0.3 is 19.9 Å². The van der Waals surface area contributed by atoms with Crippen LogP contribution in [0.25, 0.3) is 0 Å². The molecule has 0 saturated heterocycles. The van der Waals surface area contributed by atoms with Gasteiger partial charge in [0.25, 0.3) is 0 Å². The average Bonchev–Trinajstić information content (AvgIpc) is 3.80. The highest BCUT2D eigenvalue weighted by atomic mass is 19.4. The van der Waals surface area contributed by atoms with E-state index >= 15 is 0 Å². The van der Waals surface area contributed by atoms with Crippen LogP contribution in [0.2, 0.25) is 0 Å². The van der Waals surface area contributed by atoms with Crippen molar-refractivity contribution in [1.29, 1.82) is 5.41 Å². The normalized spacial score (nSPS) is 17.9. The highest BCUT2D eigenvalue weighted by molar-refractivity contribution is 5.97. The topological polar surface area (TPSA) is 77.4 Å². The van der Waals surface area contributed by atoms with Gasteiger partial charge in [0.1, 0.15) is 17.8 Å². The smallest absolute Gasteiger partial charge is 0.419 e. The molecular formula is C31H43F3N6O. The molecule has 1 saturated carbocycles. The molecule has 7 nitrogen and oxygen atoms in total. The minimum Gasteiger partial charge on any atom is -0.460 e. The van der Waals surface area contributed by atoms with Gasteiger partial charge in [0.05, 0.1) is 11.3 Å². The number of alkyl halides is 3. The van der Waals surface area contributed by atoms with Crippen LogP contribution in [0.5, 0.6) is 6.01 Å². The number of anilines is 3. The third kappa shape index (κ3) is 7.32. The van der Waals surface area contributed by atoms with Crippen LogP contribution in [-0.2, 0) is 19.3 Å². The number of allylic oxidation sites excluding steroid dienone is 1. The summed E-state index contributed by atoms with van der Waals surface area (Å²) in [5, 5.41) is 11.9. The summed E-state index contributed by atoms with van der Waals surface area (Å²) in [6, 6.07) is 6.60. The maximum atomic E-state index is 13.7. The molecule has 0 radical (unpaired) electrons. The molecule has 0 amide bonds. The van der Waals surface area contributed by atoms with Crippen molar-refractivity contribution in [2.45, 2.75) is 84.9 Å². The molecular weight excluding hydrogens is 529 g/mol. The lowest BCUT2D eigenvalue weighted by Crippen LogP contribution is -2.37. The SMILES string of the molecule is CC.CC/C=C(\C(=N)N1CCc2nc(OC(C)C3CC3)nc(Nc3ccc4c(c3)N(C)CCC4)c2CC1)C(F)(F)F. The van der Waals surface area contributed by atoms with E-state index in [0.717, 1.165) is 55.2 Å². The van der Waals surface area contributed by atoms with Crippen LogP contribution in [0, 0.1) is 11.3 Å². The number of amidine groups is 1. The van der Waals surface area contributed by atoms with E-state index in [1.807, 2.05) is 26.8 Å². The molecule has 3 aliphatic rings. The Kier molecular flexibility index (Phi) is 9.81. The molecule has 5 rings (SSSR count). The number of ether oxygens (including phenoxy) is 1. The summed E-state index contributed by atoms with van der Waals surface area (Å²) >= 11 is 0. The van der Waals surface area contributed by atoms with Crippen molar-refractivity contribution in [2.24, 2.45) is 5.92 Å². The van der Waals surface area contributed by atoms with Crippen LogP contribution in [0.3, 0.4) is 0 Å². The van der Waals surface area contributed by atoms with E-state index in [0.29, 0.717) is 24.6 Å². The summed E-state index contributed by atoms with van der Waals surface area (Å²) < 4.78 is 47.2. The maximum absolute atomic E-state index is 13.7. The summed E-state index contributed by atoms with van der Waals surface area (Å²) in [7, 11) is 2.09. The number of halogens is 3. The summed E-state index contributed by atoms with van der Waals surface area (Å²) in [6.45, 7) is 9.21. The van der Waals surface area contributed by atoms with E-state index in [-0.39, 0.29) is 31.6 Å². The molecule has 10 heteroatoms. The zero-order valence-corrected chi connectivity index (χ0v) is 24.9. The van der Waals surface area contributed by atoms with Crippen molar-refractivity contribution < 1.29 is 17.9 Å². The molecule has 3 heterocycles. The van der Waals surface area contributed by atoms with Crippen molar-refractivity contribution in [3.8, 4) is 6.01 Å². The van der Waals surface area contributed by atoms with Gasteiger partial charge in [0, 0.05) is 50.0 Å². The molecule has 1 aliphatic carbocycles. The standard InChI is InChI=1S/C29H37F3N6O.C2H6/c1-4-6-23(29(30,31)32)26(33)38-15-12-22-24(13-16-38)35-28(39-18(2)19-8-9-19)36-27(22)34-21-11-10-20-7-5-14-37(3)25(20)17-21;1-2/h6,10-11,17-19,33H,4-5,7-9,12-16H2,1-3H3,(H,34,35,36);1-2H3/b23-6+,33-26?;. The van der Waals surface area contributed by atoms with Crippen molar-refractivity contribution in [2.75, 3.05) is 36.9 Å². The second-order valence-electron chi connectivity index (χ2n) is 10.8. The number of aryl methyl sites for hydroxylation is 1. The van der Waals surface area contributed by atoms with Gasteiger partial charge in [-0.3, -0.25) is 5.41 Å². The van der Waals surface area contributed by atoms with E-state index < -0.39 is 17.6 Å². The summed E-state index contributed by atoms with van der Waals surface area (Å²) in [5.74, 6) is 0.628. The first-order valence-electron chi connectivity index (χ1n) is 14.9. The molecule has 0 bridgehead atoms. The van der Waals surface area contributed by atoms with Crippen LogP contribution in [0.1, 0.15) is 70.2 Å². The van der Waals surface area contributed by atoms with Crippen LogP contribution in [-0.4, -0.2) is 59.7 Å². The van der Waals surface area contributed by atoms with Crippen molar-refractivity contribution in [3.05, 3.63) is 46.7 Å². The minimum atomic E-state index is -4.57. The number of rotatable bonds is 7. The van der Waals surface area contributed by atoms with E-state index in [2.05, 4.69) is 29.4 Å². The number of nitrogens with zero attached hydrogens (tertiary/aromatic N) is 4. The van der Waals surface area contributed by atoms with Crippen molar-refractivity contribution >= 4 is 23.0 Å². The first kappa shape index (κ1) is 30.7. The van der Waals surface area contributed by atoms with E-state index in [9.17, 15) is 13.2 Å². The minimum absolute atomic E-state index is 0.00252. The fourth-order valence-corrected chi connectivity index (χ4v) is 5.48. The Morgan fingerprint density at radius 2 is 1.88 bits per heavy atom. The molecule has 0 spiro atoms. The monoisotopic (exact) mass is 572 g/mol. The average molecular weight is 573 g/mol. The van der Waals surface area contributed by atoms with Crippen LogP contribution < -0.4 is 15.0 Å². The lowest BCUT2D eigenvalue weighted by Gasteiger charge is -2.28. The molecule has 1 aromatic carbocycles. The van der Waals surface area contributed by atoms with Gasteiger partial charge in [-0.25, -0.2) is 0 Å². The fraction of sp³-hybridized carbons (Fsp3) is 0.581.